The van der Waals surface area contributed by atoms with Gasteiger partial charge in [-0.25, -0.2) is 4.79 Å². The van der Waals surface area contributed by atoms with Crippen LogP contribution in [0.2, 0.25) is 0 Å². The van der Waals surface area contributed by atoms with E-state index in [9.17, 15) is 9.59 Å². The minimum atomic E-state index is -0.670. The fourth-order valence-electron chi connectivity index (χ4n) is 3.82. The van der Waals surface area contributed by atoms with Crippen LogP contribution in [0.3, 0.4) is 0 Å². The molecule has 35 heavy (non-hydrogen) atoms. The third-order valence-electron chi connectivity index (χ3n) is 6.90. The van der Waals surface area contributed by atoms with Crippen molar-refractivity contribution < 1.29 is 23.6 Å². The average molecular weight is 481 g/mol. The van der Waals surface area contributed by atoms with E-state index < -0.39 is 35.9 Å². The number of carbonyl (C=O) groups is 2. The van der Waals surface area contributed by atoms with Crippen molar-refractivity contribution >= 4 is 30.4 Å². The predicted octanol–water partition coefficient (Wildman–Crippen LogP) is 4.59. The maximum Gasteiger partial charge on any atom is 0.494 e. The lowest BCUT2D eigenvalue weighted by Crippen LogP contribution is -2.41. The van der Waals surface area contributed by atoms with Gasteiger partial charge in [-0.3, -0.25) is 4.79 Å². The zero-order valence-corrected chi connectivity index (χ0v) is 22.0. The molecule has 4 rings (SSSR count). The maximum atomic E-state index is 13.1. The van der Waals surface area contributed by atoms with Gasteiger partial charge in [0.1, 0.15) is 11.4 Å². The fraction of sp³-hybridized carbons (Fsp3) is 0.577. The molecule has 188 valence electrons. The second-order valence-electron chi connectivity index (χ2n) is 11.6. The molecule has 1 aliphatic heterocycles. The van der Waals surface area contributed by atoms with Crippen LogP contribution in [0.4, 0.5) is 10.6 Å². The lowest BCUT2D eigenvalue weighted by atomic mass is 9.78. The Morgan fingerprint density at radius 1 is 1.11 bits per heavy atom. The standard InChI is InChI=1S/C26H36BN3O5/c1-16(17-11-13-19(14-12-17)27-34-25(5,6)26(7,8)35-27)22(31)28-21-15-20(18-9-10-18)29-30(21)23(32)33-24(2,3)4/h11-16,18H,9-10H2,1-8H3,(H,28,31). The Labute approximate surface area is 207 Å². The Balaban J connectivity index is 1.47. The number of rotatable bonds is 5. The van der Waals surface area contributed by atoms with Crippen LogP contribution in [0, 0.1) is 0 Å². The molecule has 0 bridgehead atoms. The lowest BCUT2D eigenvalue weighted by Gasteiger charge is -2.32. The summed E-state index contributed by atoms with van der Waals surface area (Å²) in [5.74, 6) is -0.0322. The fourth-order valence-corrected chi connectivity index (χ4v) is 3.82. The lowest BCUT2D eigenvalue weighted by molar-refractivity contribution is -0.117. The molecule has 2 heterocycles. The summed E-state index contributed by atoms with van der Waals surface area (Å²) in [6.45, 7) is 15.3. The summed E-state index contributed by atoms with van der Waals surface area (Å²) < 4.78 is 18.9. The van der Waals surface area contributed by atoms with Gasteiger partial charge < -0.3 is 19.4 Å². The molecule has 1 unspecified atom stereocenters. The third kappa shape index (κ3) is 5.46. The predicted molar refractivity (Wildman–Crippen MR) is 135 cm³/mol. The van der Waals surface area contributed by atoms with Crippen molar-refractivity contribution in [2.24, 2.45) is 0 Å². The molecular formula is C26H36BN3O5. The molecule has 0 spiro atoms. The number of anilines is 1. The number of benzene rings is 1. The summed E-state index contributed by atoms with van der Waals surface area (Å²) in [4.78, 5) is 25.8. The summed E-state index contributed by atoms with van der Waals surface area (Å²) in [6, 6.07) is 9.44. The van der Waals surface area contributed by atoms with Crippen molar-refractivity contribution in [1.29, 1.82) is 0 Å². The summed E-state index contributed by atoms with van der Waals surface area (Å²) in [7, 11) is -0.456. The van der Waals surface area contributed by atoms with Crippen LogP contribution in [0.1, 0.15) is 91.3 Å². The second-order valence-corrected chi connectivity index (χ2v) is 11.6. The highest BCUT2D eigenvalue weighted by molar-refractivity contribution is 6.62. The molecular weight excluding hydrogens is 445 g/mol. The van der Waals surface area contributed by atoms with Gasteiger partial charge in [0.15, 0.2) is 0 Å². The van der Waals surface area contributed by atoms with Gasteiger partial charge in [-0.1, -0.05) is 24.3 Å². The van der Waals surface area contributed by atoms with Crippen molar-refractivity contribution in [3.05, 3.63) is 41.6 Å². The Kier molecular flexibility index (Phi) is 6.39. The molecule has 1 aliphatic carbocycles. The molecule has 9 heteroatoms. The van der Waals surface area contributed by atoms with Crippen LogP contribution >= 0.6 is 0 Å². The van der Waals surface area contributed by atoms with Crippen molar-refractivity contribution in [3.63, 3.8) is 0 Å². The average Bonchev–Trinajstić information content (AvgIpc) is 3.46. The number of aromatic nitrogens is 2. The molecule has 2 aromatic rings. The number of carbonyl (C=O) groups excluding carboxylic acids is 2. The van der Waals surface area contributed by atoms with E-state index in [-0.39, 0.29) is 5.91 Å². The van der Waals surface area contributed by atoms with Gasteiger partial charge >= 0.3 is 13.2 Å². The molecule has 8 nitrogen and oxygen atoms in total. The number of hydrogen-bond acceptors (Lipinski definition) is 6. The number of ether oxygens (including phenoxy) is 1. The Hall–Kier alpha value is -2.65. The summed E-state index contributed by atoms with van der Waals surface area (Å²) in [5.41, 5.74) is 1.03. The topological polar surface area (TPSA) is 91.7 Å². The van der Waals surface area contributed by atoms with Crippen LogP contribution in [0.25, 0.3) is 0 Å². The van der Waals surface area contributed by atoms with E-state index in [0.29, 0.717) is 11.7 Å². The molecule has 1 N–H and O–H groups in total. The molecule has 1 aromatic heterocycles. The number of amides is 1. The highest BCUT2D eigenvalue weighted by atomic mass is 16.7. The van der Waals surface area contributed by atoms with E-state index in [4.69, 9.17) is 14.0 Å². The molecule has 1 amide bonds. The largest absolute Gasteiger partial charge is 0.494 e. The minimum absolute atomic E-state index is 0.236. The highest BCUT2D eigenvalue weighted by Crippen LogP contribution is 2.40. The first-order valence-corrected chi connectivity index (χ1v) is 12.3. The van der Waals surface area contributed by atoms with Crippen LogP contribution in [0.15, 0.2) is 30.3 Å². The molecule has 1 saturated carbocycles. The highest BCUT2D eigenvalue weighted by Gasteiger charge is 2.51. The first-order chi connectivity index (χ1) is 16.2. The quantitative estimate of drug-likeness (QED) is 0.629. The van der Waals surface area contributed by atoms with Crippen molar-refractivity contribution in [2.75, 3.05) is 5.32 Å². The van der Waals surface area contributed by atoms with E-state index >= 15 is 0 Å². The number of nitrogens with zero attached hydrogens (tertiary/aromatic N) is 2. The first kappa shape index (κ1) is 25.4. The van der Waals surface area contributed by atoms with Gasteiger partial charge in [0.05, 0.1) is 22.8 Å². The van der Waals surface area contributed by atoms with Gasteiger partial charge in [0, 0.05) is 12.0 Å². The second kappa shape index (κ2) is 8.78. The molecule has 2 fully saturated rings. The summed E-state index contributed by atoms with van der Waals surface area (Å²) in [5, 5.41) is 7.30. The van der Waals surface area contributed by atoms with Crippen LogP contribution < -0.4 is 10.8 Å². The summed E-state index contributed by atoms with van der Waals surface area (Å²) >= 11 is 0. The Bertz CT molecular complexity index is 1100. The van der Waals surface area contributed by atoms with Gasteiger partial charge in [-0.15, -0.1) is 4.68 Å². The number of nitrogens with one attached hydrogen (secondary N) is 1. The maximum absolute atomic E-state index is 13.1. The molecule has 1 atom stereocenters. The SMILES string of the molecule is CC(C(=O)Nc1cc(C2CC2)nn1C(=O)OC(C)(C)C)c1ccc(B2OC(C)(C)C(C)(C)O2)cc1. The monoisotopic (exact) mass is 481 g/mol. The smallest absolute Gasteiger partial charge is 0.442 e. The third-order valence-corrected chi connectivity index (χ3v) is 6.90. The van der Waals surface area contributed by atoms with Crippen molar-refractivity contribution in [2.45, 2.75) is 96.9 Å². The van der Waals surface area contributed by atoms with Gasteiger partial charge in [-0.05, 0) is 79.3 Å². The molecule has 1 aromatic carbocycles. The van der Waals surface area contributed by atoms with E-state index in [1.807, 2.05) is 58.9 Å². The normalized spacial score (nSPS) is 19.9. The van der Waals surface area contributed by atoms with Gasteiger partial charge in [0.25, 0.3) is 0 Å². The Morgan fingerprint density at radius 2 is 1.69 bits per heavy atom. The van der Waals surface area contributed by atoms with Gasteiger partial charge in [-0.2, -0.15) is 5.10 Å². The molecule has 1 saturated heterocycles. The minimum Gasteiger partial charge on any atom is -0.442 e. The summed E-state index contributed by atoms with van der Waals surface area (Å²) in [6.07, 6.45) is 1.45. The van der Waals surface area contributed by atoms with E-state index in [1.54, 1.807) is 26.8 Å². The van der Waals surface area contributed by atoms with Gasteiger partial charge in [0.2, 0.25) is 5.91 Å². The van der Waals surface area contributed by atoms with Crippen molar-refractivity contribution in [3.8, 4) is 0 Å². The Morgan fingerprint density at radius 3 is 2.20 bits per heavy atom. The van der Waals surface area contributed by atoms with Crippen LogP contribution in [0.5, 0.6) is 0 Å². The van der Waals surface area contributed by atoms with Crippen LogP contribution in [-0.2, 0) is 18.8 Å². The van der Waals surface area contributed by atoms with Crippen molar-refractivity contribution in [1.82, 2.24) is 9.78 Å². The van der Waals surface area contributed by atoms with E-state index in [1.165, 1.54) is 0 Å². The van der Waals surface area contributed by atoms with E-state index in [0.717, 1.165) is 34.2 Å². The first-order valence-electron chi connectivity index (χ1n) is 12.3. The zero-order valence-electron chi connectivity index (χ0n) is 22.0. The number of hydrogen-bond donors (Lipinski definition) is 1. The molecule has 0 radical (unpaired) electrons. The molecule has 2 aliphatic rings. The zero-order chi connectivity index (χ0) is 25.8. The van der Waals surface area contributed by atoms with E-state index in [2.05, 4.69) is 10.4 Å². The van der Waals surface area contributed by atoms with Crippen LogP contribution in [-0.4, -0.2) is 45.7 Å².